The molecular formula is C16H22N2O3. The number of hydrogen-bond donors (Lipinski definition) is 1. The summed E-state index contributed by atoms with van der Waals surface area (Å²) in [5.74, 6) is -0.187. The Morgan fingerprint density at radius 3 is 2.67 bits per heavy atom. The van der Waals surface area contributed by atoms with Crippen molar-refractivity contribution < 1.29 is 14.3 Å². The van der Waals surface area contributed by atoms with E-state index < -0.39 is 5.54 Å². The smallest absolute Gasteiger partial charge is 0.252 e. The standard InChI is InChI=1S/C16H22N2O3/c1-3-21-12-11-18-10-9-14(19)17-16(2,15(18)20)13-7-5-4-6-8-13/h4-8H,3,9-12H2,1-2H3,(H,17,19). The number of nitrogens with zero attached hydrogens (tertiary/aromatic N) is 1. The number of nitrogens with one attached hydrogen (secondary N) is 1. The topological polar surface area (TPSA) is 58.6 Å². The second kappa shape index (κ2) is 6.72. The molecule has 0 bridgehead atoms. The van der Waals surface area contributed by atoms with Gasteiger partial charge >= 0.3 is 0 Å². The third kappa shape index (κ3) is 3.42. The van der Waals surface area contributed by atoms with Crippen LogP contribution < -0.4 is 5.32 Å². The number of benzene rings is 1. The summed E-state index contributed by atoms with van der Waals surface area (Å²) in [7, 11) is 0. The highest BCUT2D eigenvalue weighted by Crippen LogP contribution is 2.25. The zero-order valence-corrected chi connectivity index (χ0v) is 12.6. The lowest BCUT2D eigenvalue weighted by Gasteiger charge is -2.32. The Morgan fingerprint density at radius 1 is 1.29 bits per heavy atom. The fourth-order valence-electron chi connectivity index (χ4n) is 2.55. The van der Waals surface area contributed by atoms with Crippen molar-refractivity contribution in [2.24, 2.45) is 0 Å². The average Bonchev–Trinajstić information content (AvgIpc) is 2.60. The highest BCUT2D eigenvalue weighted by atomic mass is 16.5. The molecular weight excluding hydrogens is 268 g/mol. The number of ether oxygens (including phenoxy) is 1. The molecule has 1 aromatic carbocycles. The minimum Gasteiger partial charge on any atom is -0.380 e. The number of rotatable bonds is 5. The molecule has 114 valence electrons. The molecule has 0 aromatic heterocycles. The quantitative estimate of drug-likeness (QED) is 0.831. The van der Waals surface area contributed by atoms with Gasteiger partial charge in [0.05, 0.1) is 6.61 Å². The van der Waals surface area contributed by atoms with E-state index in [1.165, 1.54) is 0 Å². The van der Waals surface area contributed by atoms with Gasteiger partial charge in [-0.05, 0) is 19.4 Å². The molecule has 1 heterocycles. The maximum Gasteiger partial charge on any atom is 0.252 e. The summed E-state index contributed by atoms with van der Waals surface area (Å²) in [6, 6.07) is 9.36. The lowest BCUT2D eigenvalue weighted by atomic mass is 9.90. The first-order chi connectivity index (χ1) is 10.1. The van der Waals surface area contributed by atoms with Crippen LogP contribution in [0.2, 0.25) is 0 Å². The van der Waals surface area contributed by atoms with E-state index in [1.807, 2.05) is 37.3 Å². The van der Waals surface area contributed by atoms with Crippen molar-refractivity contribution in [3.05, 3.63) is 35.9 Å². The summed E-state index contributed by atoms with van der Waals surface area (Å²) in [5, 5.41) is 2.87. The van der Waals surface area contributed by atoms with Gasteiger partial charge in [-0.3, -0.25) is 9.59 Å². The van der Waals surface area contributed by atoms with E-state index in [0.717, 1.165) is 5.56 Å². The maximum absolute atomic E-state index is 12.9. The van der Waals surface area contributed by atoms with Crippen molar-refractivity contribution in [3.63, 3.8) is 0 Å². The molecule has 1 saturated heterocycles. The van der Waals surface area contributed by atoms with Crippen molar-refractivity contribution in [2.75, 3.05) is 26.3 Å². The van der Waals surface area contributed by atoms with Crippen molar-refractivity contribution in [3.8, 4) is 0 Å². The molecule has 1 aliphatic rings. The predicted molar refractivity (Wildman–Crippen MR) is 79.6 cm³/mol. The summed E-state index contributed by atoms with van der Waals surface area (Å²) in [4.78, 5) is 26.5. The van der Waals surface area contributed by atoms with E-state index in [9.17, 15) is 9.59 Å². The van der Waals surface area contributed by atoms with Crippen LogP contribution in [0.4, 0.5) is 0 Å². The SMILES string of the molecule is CCOCCN1CCC(=O)NC(C)(c2ccccc2)C1=O. The normalized spacial score (nSPS) is 22.9. The Bertz CT molecular complexity index is 504. The van der Waals surface area contributed by atoms with Crippen LogP contribution in [0.3, 0.4) is 0 Å². The Balaban J connectivity index is 2.25. The van der Waals surface area contributed by atoms with E-state index in [0.29, 0.717) is 32.7 Å². The number of hydrogen-bond acceptors (Lipinski definition) is 3. The molecule has 1 fully saturated rings. The molecule has 5 heteroatoms. The van der Waals surface area contributed by atoms with Crippen molar-refractivity contribution in [1.29, 1.82) is 0 Å². The Hall–Kier alpha value is -1.88. The second-order valence-electron chi connectivity index (χ2n) is 5.28. The van der Waals surface area contributed by atoms with E-state index in [1.54, 1.807) is 11.8 Å². The first-order valence-corrected chi connectivity index (χ1v) is 7.31. The molecule has 2 amide bonds. The summed E-state index contributed by atoms with van der Waals surface area (Å²) in [5.41, 5.74) is -0.215. The van der Waals surface area contributed by atoms with Crippen LogP contribution in [-0.2, 0) is 19.9 Å². The van der Waals surface area contributed by atoms with Crippen LogP contribution in [0.15, 0.2) is 30.3 Å². The Kier molecular flexibility index (Phi) is 4.96. The van der Waals surface area contributed by atoms with Gasteiger partial charge in [-0.25, -0.2) is 0 Å². The highest BCUT2D eigenvalue weighted by molar-refractivity contribution is 5.94. The molecule has 0 radical (unpaired) electrons. The molecule has 21 heavy (non-hydrogen) atoms. The minimum atomic E-state index is -1.01. The molecule has 0 saturated carbocycles. The van der Waals surface area contributed by atoms with Crippen LogP contribution in [0, 0.1) is 0 Å². The van der Waals surface area contributed by atoms with Gasteiger partial charge in [0.1, 0.15) is 5.54 Å². The molecule has 1 N–H and O–H groups in total. The van der Waals surface area contributed by atoms with E-state index in [4.69, 9.17) is 4.74 Å². The molecule has 0 spiro atoms. The lowest BCUT2D eigenvalue weighted by Crippen LogP contribution is -2.53. The predicted octanol–water partition coefficient (Wildman–Crippen LogP) is 1.29. The van der Waals surface area contributed by atoms with Gasteiger partial charge in [-0.2, -0.15) is 0 Å². The van der Waals surface area contributed by atoms with E-state index in [-0.39, 0.29) is 11.8 Å². The number of carbonyl (C=O) groups is 2. The van der Waals surface area contributed by atoms with Crippen LogP contribution >= 0.6 is 0 Å². The molecule has 1 aliphatic heterocycles. The van der Waals surface area contributed by atoms with E-state index in [2.05, 4.69) is 5.32 Å². The number of amides is 2. The first kappa shape index (κ1) is 15.5. The molecule has 1 aromatic rings. The first-order valence-electron chi connectivity index (χ1n) is 7.31. The second-order valence-corrected chi connectivity index (χ2v) is 5.28. The fraction of sp³-hybridized carbons (Fsp3) is 0.500. The van der Waals surface area contributed by atoms with Gasteiger partial charge in [0.25, 0.3) is 5.91 Å². The summed E-state index contributed by atoms with van der Waals surface area (Å²) in [6.07, 6.45) is 0.320. The van der Waals surface area contributed by atoms with Gasteiger partial charge in [-0.15, -0.1) is 0 Å². The molecule has 1 unspecified atom stereocenters. The van der Waals surface area contributed by atoms with Gasteiger partial charge in [0, 0.05) is 26.1 Å². The Labute approximate surface area is 125 Å². The van der Waals surface area contributed by atoms with Gasteiger partial charge in [-0.1, -0.05) is 30.3 Å². The van der Waals surface area contributed by atoms with Gasteiger partial charge < -0.3 is 15.0 Å². The molecule has 0 aliphatic carbocycles. The third-order valence-corrected chi connectivity index (χ3v) is 3.77. The van der Waals surface area contributed by atoms with Gasteiger partial charge in [0.2, 0.25) is 5.91 Å². The maximum atomic E-state index is 12.9. The third-order valence-electron chi connectivity index (χ3n) is 3.77. The van der Waals surface area contributed by atoms with E-state index >= 15 is 0 Å². The largest absolute Gasteiger partial charge is 0.380 e. The number of carbonyl (C=O) groups excluding carboxylic acids is 2. The van der Waals surface area contributed by atoms with Crippen LogP contribution in [0.1, 0.15) is 25.8 Å². The zero-order chi connectivity index (χ0) is 15.3. The van der Waals surface area contributed by atoms with Crippen LogP contribution in [0.25, 0.3) is 0 Å². The summed E-state index contributed by atoms with van der Waals surface area (Å²) in [6.45, 7) is 5.73. The van der Waals surface area contributed by atoms with Crippen LogP contribution in [0.5, 0.6) is 0 Å². The van der Waals surface area contributed by atoms with Crippen LogP contribution in [-0.4, -0.2) is 43.0 Å². The lowest BCUT2D eigenvalue weighted by molar-refractivity contribution is -0.139. The molecule has 5 nitrogen and oxygen atoms in total. The highest BCUT2D eigenvalue weighted by Gasteiger charge is 2.41. The molecule has 1 atom stereocenters. The summed E-state index contributed by atoms with van der Waals surface area (Å²) < 4.78 is 5.33. The Morgan fingerprint density at radius 2 is 2.00 bits per heavy atom. The molecule has 2 rings (SSSR count). The minimum absolute atomic E-state index is 0.0840. The zero-order valence-electron chi connectivity index (χ0n) is 12.6. The van der Waals surface area contributed by atoms with Crippen molar-refractivity contribution in [1.82, 2.24) is 10.2 Å². The average molecular weight is 290 g/mol. The monoisotopic (exact) mass is 290 g/mol. The van der Waals surface area contributed by atoms with Crippen molar-refractivity contribution in [2.45, 2.75) is 25.8 Å². The fourth-order valence-corrected chi connectivity index (χ4v) is 2.55. The van der Waals surface area contributed by atoms with Gasteiger partial charge in [0.15, 0.2) is 0 Å². The van der Waals surface area contributed by atoms with Crippen molar-refractivity contribution >= 4 is 11.8 Å². The summed E-state index contributed by atoms with van der Waals surface area (Å²) >= 11 is 0.